The standard InChI is InChI=1S/C5H4O3.H3O4P/c6-4-2-1-3-8-5(4)7;1-5(2,3)4/h1-3,6H;(H3,1,2,3,4). The third-order valence-corrected chi connectivity index (χ3v) is 0.717. The van der Waals surface area contributed by atoms with Crippen molar-refractivity contribution in [2.45, 2.75) is 0 Å². The minimum absolute atomic E-state index is 0.354. The van der Waals surface area contributed by atoms with Gasteiger partial charge in [-0.1, -0.05) is 0 Å². The Labute approximate surface area is 72.1 Å². The Bertz CT molecular complexity index is 342. The summed E-state index contributed by atoms with van der Waals surface area (Å²) in [5.41, 5.74) is -0.701. The van der Waals surface area contributed by atoms with Crippen molar-refractivity contribution >= 4 is 7.82 Å². The minimum Gasteiger partial charge on any atom is -0.502 e. The molecule has 0 atom stereocenters. The van der Waals surface area contributed by atoms with Crippen molar-refractivity contribution in [3.05, 3.63) is 28.8 Å². The molecule has 74 valence electrons. The fourth-order valence-electron chi connectivity index (χ4n) is 0.360. The molecular weight excluding hydrogens is 203 g/mol. The van der Waals surface area contributed by atoms with E-state index in [1.807, 2.05) is 0 Å². The van der Waals surface area contributed by atoms with E-state index in [9.17, 15) is 4.79 Å². The van der Waals surface area contributed by atoms with Gasteiger partial charge in [0.15, 0.2) is 0 Å². The molecule has 1 rings (SSSR count). The SMILES string of the molecule is O=P(O)(O)O.O=c1occcc1O. The zero-order chi connectivity index (χ0) is 10.5. The Kier molecular flexibility index (Phi) is 4.36. The summed E-state index contributed by atoms with van der Waals surface area (Å²) in [6.07, 6.45) is 1.21. The van der Waals surface area contributed by atoms with Crippen LogP contribution in [0.25, 0.3) is 0 Å². The van der Waals surface area contributed by atoms with Crippen molar-refractivity contribution in [2.75, 3.05) is 0 Å². The van der Waals surface area contributed by atoms with Crippen molar-refractivity contribution in [1.82, 2.24) is 0 Å². The summed E-state index contributed by atoms with van der Waals surface area (Å²) < 4.78 is 13.1. The summed E-state index contributed by atoms with van der Waals surface area (Å²) in [4.78, 5) is 31.8. The molecule has 0 amide bonds. The lowest BCUT2D eigenvalue weighted by atomic mass is 10.5. The summed E-state index contributed by atoms with van der Waals surface area (Å²) >= 11 is 0. The van der Waals surface area contributed by atoms with Crippen LogP contribution in [0.2, 0.25) is 0 Å². The fourth-order valence-corrected chi connectivity index (χ4v) is 0.360. The molecule has 0 fully saturated rings. The van der Waals surface area contributed by atoms with Crippen molar-refractivity contribution in [2.24, 2.45) is 0 Å². The van der Waals surface area contributed by atoms with E-state index in [0.717, 1.165) is 0 Å². The van der Waals surface area contributed by atoms with Gasteiger partial charge in [0.1, 0.15) is 0 Å². The molecule has 1 aromatic rings. The number of hydrogen-bond donors (Lipinski definition) is 4. The van der Waals surface area contributed by atoms with Crippen LogP contribution in [-0.2, 0) is 4.57 Å². The fraction of sp³-hybridized carbons (Fsp3) is 0. The predicted molar refractivity (Wildman–Crippen MR) is 40.9 cm³/mol. The van der Waals surface area contributed by atoms with Gasteiger partial charge in [0.2, 0.25) is 5.75 Å². The third kappa shape index (κ3) is 8.77. The topological polar surface area (TPSA) is 128 Å². The quantitative estimate of drug-likeness (QED) is 0.421. The first-order valence-corrected chi connectivity index (χ1v) is 4.42. The van der Waals surface area contributed by atoms with Crippen LogP contribution in [0, 0.1) is 0 Å². The molecule has 0 radical (unpaired) electrons. The van der Waals surface area contributed by atoms with Gasteiger partial charge < -0.3 is 24.2 Å². The predicted octanol–water partition coefficient (Wildman–Crippen LogP) is -0.583. The van der Waals surface area contributed by atoms with Gasteiger partial charge in [-0.15, -0.1) is 0 Å². The molecule has 0 saturated heterocycles. The normalized spacial score (nSPS) is 10.1. The van der Waals surface area contributed by atoms with Crippen molar-refractivity contribution in [3.63, 3.8) is 0 Å². The van der Waals surface area contributed by atoms with E-state index < -0.39 is 13.4 Å². The zero-order valence-electron chi connectivity index (χ0n) is 6.19. The molecule has 7 nitrogen and oxygen atoms in total. The lowest BCUT2D eigenvalue weighted by molar-refractivity contribution is 0.275. The summed E-state index contributed by atoms with van der Waals surface area (Å²) in [7, 11) is -4.64. The smallest absolute Gasteiger partial charge is 0.466 e. The number of aromatic hydroxyl groups is 1. The van der Waals surface area contributed by atoms with Crippen LogP contribution in [0.3, 0.4) is 0 Å². The van der Waals surface area contributed by atoms with Gasteiger partial charge in [0.05, 0.1) is 6.26 Å². The number of hydrogen-bond acceptors (Lipinski definition) is 4. The lowest BCUT2D eigenvalue weighted by Crippen LogP contribution is -1.93. The molecule has 0 spiro atoms. The number of phosphoric acid groups is 1. The largest absolute Gasteiger partial charge is 0.502 e. The van der Waals surface area contributed by atoms with Crippen molar-refractivity contribution < 1.29 is 28.8 Å². The molecule has 0 unspecified atom stereocenters. The van der Waals surface area contributed by atoms with E-state index >= 15 is 0 Å². The maximum Gasteiger partial charge on any atom is 0.466 e. The highest BCUT2D eigenvalue weighted by Gasteiger charge is 2.00. The van der Waals surface area contributed by atoms with Gasteiger partial charge in [0, 0.05) is 0 Å². The van der Waals surface area contributed by atoms with Crippen LogP contribution >= 0.6 is 7.82 Å². The average Bonchev–Trinajstić information content (AvgIpc) is 1.92. The van der Waals surface area contributed by atoms with Gasteiger partial charge in [-0.3, -0.25) is 0 Å². The van der Waals surface area contributed by atoms with Gasteiger partial charge in [-0.25, -0.2) is 9.36 Å². The molecule has 4 N–H and O–H groups in total. The van der Waals surface area contributed by atoms with E-state index in [-0.39, 0.29) is 5.75 Å². The molecule has 0 aliphatic carbocycles. The first kappa shape index (κ1) is 11.9. The van der Waals surface area contributed by atoms with Gasteiger partial charge >= 0.3 is 13.4 Å². The van der Waals surface area contributed by atoms with E-state index in [4.69, 9.17) is 24.4 Å². The molecule has 0 aromatic carbocycles. The van der Waals surface area contributed by atoms with Crippen LogP contribution in [-0.4, -0.2) is 19.8 Å². The second-order valence-electron chi connectivity index (χ2n) is 1.80. The van der Waals surface area contributed by atoms with Crippen molar-refractivity contribution in [1.29, 1.82) is 0 Å². The van der Waals surface area contributed by atoms with E-state index in [0.29, 0.717) is 0 Å². The molecule has 1 aromatic heterocycles. The van der Waals surface area contributed by atoms with Crippen LogP contribution in [0.1, 0.15) is 0 Å². The summed E-state index contributed by atoms with van der Waals surface area (Å²) in [5.74, 6) is -0.354. The van der Waals surface area contributed by atoms with E-state index in [1.165, 1.54) is 18.4 Å². The van der Waals surface area contributed by atoms with Crippen LogP contribution in [0.15, 0.2) is 27.6 Å². The molecular formula is C5H7O7P. The third-order valence-electron chi connectivity index (χ3n) is 0.717. The Hall–Kier alpha value is -1.14. The summed E-state index contributed by atoms with van der Waals surface area (Å²) in [6.45, 7) is 0. The van der Waals surface area contributed by atoms with Crippen LogP contribution in [0.5, 0.6) is 5.75 Å². The minimum atomic E-state index is -4.64. The highest BCUT2D eigenvalue weighted by Crippen LogP contribution is 2.25. The Balaban J connectivity index is 0.000000252. The Morgan fingerprint density at radius 1 is 1.31 bits per heavy atom. The second kappa shape index (κ2) is 4.78. The van der Waals surface area contributed by atoms with Crippen LogP contribution in [0.4, 0.5) is 0 Å². The Morgan fingerprint density at radius 2 is 1.77 bits per heavy atom. The molecule has 8 heteroatoms. The zero-order valence-corrected chi connectivity index (χ0v) is 7.09. The molecule has 0 bridgehead atoms. The first-order chi connectivity index (χ1) is 5.80. The van der Waals surface area contributed by atoms with Crippen molar-refractivity contribution in [3.8, 4) is 5.75 Å². The van der Waals surface area contributed by atoms with Gasteiger partial charge in [-0.2, -0.15) is 0 Å². The molecule has 0 saturated carbocycles. The van der Waals surface area contributed by atoms with Gasteiger partial charge in [-0.05, 0) is 12.1 Å². The molecule has 1 heterocycles. The van der Waals surface area contributed by atoms with E-state index in [2.05, 4.69) is 4.42 Å². The average molecular weight is 210 g/mol. The monoisotopic (exact) mass is 210 g/mol. The maximum atomic E-state index is 10.2. The number of rotatable bonds is 0. The summed E-state index contributed by atoms with van der Waals surface area (Å²) in [5, 5.41) is 8.51. The lowest BCUT2D eigenvalue weighted by Gasteiger charge is -1.82. The molecule has 0 aliphatic rings. The summed E-state index contributed by atoms with van der Waals surface area (Å²) in [6, 6.07) is 2.71. The first-order valence-electron chi connectivity index (χ1n) is 2.86. The highest BCUT2D eigenvalue weighted by atomic mass is 31.2. The van der Waals surface area contributed by atoms with E-state index in [1.54, 1.807) is 0 Å². The second-order valence-corrected chi connectivity index (χ2v) is 2.83. The highest BCUT2D eigenvalue weighted by molar-refractivity contribution is 7.45. The Morgan fingerprint density at radius 3 is 2.00 bits per heavy atom. The van der Waals surface area contributed by atoms with Crippen LogP contribution < -0.4 is 5.63 Å². The molecule has 13 heavy (non-hydrogen) atoms. The maximum absolute atomic E-state index is 10.2. The molecule has 0 aliphatic heterocycles. The van der Waals surface area contributed by atoms with Gasteiger partial charge in [0.25, 0.3) is 0 Å².